The third-order valence-corrected chi connectivity index (χ3v) is 5.72. The first kappa shape index (κ1) is 21.2. The maximum atomic E-state index is 14.0. The maximum Gasteiger partial charge on any atom is 0.254 e. The number of hydrogen-bond acceptors (Lipinski definition) is 5. The van der Waals surface area contributed by atoms with Gasteiger partial charge in [0.15, 0.2) is 5.65 Å². The fraction of sp³-hybridized carbons (Fsp3) is 0.435. The molecule has 0 saturated carbocycles. The SMILES string of the molecule is CCc1nc2c(cnn2CC)c(NC2CCOCC2)c1CNC(=O)c1ccccc1F. The lowest BCUT2D eigenvalue weighted by molar-refractivity contribution is 0.0904. The van der Waals surface area contributed by atoms with Gasteiger partial charge in [0.05, 0.1) is 22.8 Å². The van der Waals surface area contributed by atoms with Crippen molar-refractivity contribution in [3.05, 3.63) is 53.1 Å². The Labute approximate surface area is 181 Å². The third-order valence-electron chi connectivity index (χ3n) is 5.72. The number of anilines is 1. The van der Waals surface area contributed by atoms with E-state index in [9.17, 15) is 9.18 Å². The van der Waals surface area contributed by atoms with Crippen molar-refractivity contribution in [2.24, 2.45) is 0 Å². The van der Waals surface area contributed by atoms with Crippen molar-refractivity contribution in [3.8, 4) is 0 Å². The van der Waals surface area contributed by atoms with Crippen LogP contribution in [0.5, 0.6) is 0 Å². The summed E-state index contributed by atoms with van der Waals surface area (Å²) >= 11 is 0. The fourth-order valence-corrected chi connectivity index (χ4v) is 4.01. The first-order valence-electron chi connectivity index (χ1n) is 10.9. The lowest BCUT2D eigenvalue weighted by Gasteiger charge is -2.26. The molecule has 0 aliphatic carbocycles. The van der Waals surface area contributed by atoms with Crippen LogP contribution in [-0.2, 0) is 24.2 Å². The lowest BCUT2D eigenvalue weighted by atomic mass is 10.0. The summed E-state index contributed by atoms with van der Waals surface area (Å²) in [5, 5.41) is 12.0. The number of carbonyl (C=O) groups is 1. The van der Waals surface area contributed by atoms with Crippen molar-refractivity contribution in [2.75, 3.05) is 18.5 Å². The first-order chi connectivity index (χ1) is 15.1. The Hall–Kier alpha value is -3.00. The zero-order valence-corrected chi connectivity index (χ0v) is 17.9. The summed E-state index contributed by atoms with van der Waals surface area (Å²) in [6, 6.07) is 6.27. The van der Waals surface area contributed by atoms with E-state index >= 15 is 0 Å². The molecular weight excluding hydrogens is 397 g/mol. The van der Waals surface area contributed by atoms with E-state index in [-0.39, 0.29) is 18.2 Å². The van der Waals surface area contributed by atoms with E-state index in [4.69, 9.17) is 9.72 Å². The molecule has 8 heteroatoms. The van der Waals surface area contributed by atoms with Crippen LogP contribution >= 0.6 is 0 Å². The van der Waals surface area contributed by atoms with Gasteiger partial charge in [0, 0.05) is 43.6 Å². The number of pyridine rings is 1. The molecule has 4 rings (SSSR count). The van der Waals surface area contributed by atoms with Gasteiger partial charge in [0.25, 0.3) is 5.91 Å². The summed E-state index contributed by atoms with van der Waals surface area (Å²) < 4.78 is 21.4. The maximum absolute atomic E-state index is 14.0. The Balaban J connectivity index is 1.70. The molecule has 0 unspecified atom stereocenters. The molecule has 0 atom stereocenters. The summed E-state index contributed by atoms with van der Waals surface area (Å²) in [5.74, 6) is -0.976. The van der Waals surface area contributed by atoms with E-state index < -0.39 is 11.7 Å². The second-order valence-electron chi connectivity index (χ2n) is 7.66. The minimum atomic E-state index is -0.533. The number of fused-ring (bicyclic) bond motifs is 1. The molecule has 31 heavy (non-hydrogen) atoms. The van der Waals surface area contributed by atoms with Crippen molar-refractivity contribution in [2.45, 2.75) is 52.2 Å². The molecule has 2 N–H and O–H groups in total. The van der Waals surface area contributed by atoms with Gasteiger partial charge in [-0.3, -0.25) is 4.79 Å². The third kappa shape index (κ3) is 4.39. The van der Waals surface area contributed by atoms with E-state index in [0.29, 0.717) is 6.42 Å². The van der Waals surface area contributed by atoms with Gasteiger partial charge in [-0.05, 0) is 38.3 Å². The molecule has 2 aromatic heterocycles. The fourth-order valence-electron chi connectivity index (χ4n) is 4.01. The number of hydrogen-bond donors (Lipinski definition) is 2. The van der Waals surface area contributed by atoms with E-state index in [0.717, 1.165) is 60.6 Å². The second kappa shape index (κ2) is 9.43. The average molecular weight is 426 g/mol. The van der Waals surface area contributed by atoms with Gasteiger partial charge in [-0.25, -0.2) is 14.1 Å². The highest BCUT2D eigenvalue weighted by Crippen LogP contribution is 2.31. The van der Waals surface area contributed by atoms with Crippen molar-refractivity contribution in [1.29, 1.82) is 0 Å². The first-order valence-corrected chi connectivity index (χ1v) is 10.9. The molecule has 3 aromatic rings. The van der Waals surface area contributed by atoms with Gasteiger partial charge in [-0.1, -0.05) is 19.1 Å². The van der Waals surface area contributed by atoms with E-state index in [1.165, 1.54) is 12.1 Å². The molecule has 7 nitrogen and oxygen atoms in total. The number of carbonyl (C=O) groups excluding carboxylic acids is 1. The summed E-state index contributed by atoms with van der Waals surface area (Å²) in [6.07, 6.45) is 4.36. The van der Waals surface area contributed by atoms with Crippen molar-refractivity contribution in [1.82, 2.24) is 20.1 Å². The number of aryl methyl sites for hydroxylation is 2. The van der Waals surface area contributed by atoms with Gasteiger partial charge >= 0.3 is 0 Å². The Morgan fingerprint density at radius 2 is 2.03 bits per heavy atom. The molecule has 3 heterocycles. The van der Waals surface area contributed by atoms with Crippen LogP contribution in [-0.4, -0.2) is 39.9 Å². The van der Waals surface area contributed by atoms with Crippen LogP contribution in [0.4, 0.5) is 10.1 Å². The van der Waals surface area contributed by atoms with Crippen LogP contribution in [0.15, 0.2) is 30.5 Å². The summed E-state index contributed by atoms with van der Waals surface area (Å²) in [4.78, 5) is 17.5. The highest BCUT2D eigenvalue weighted by molar-refractivity contribution is 5.95. The highest BCUT2D eigenvalue weighted by Gasteiger charge is 2.22. The summed E-state index contributed by atoms with van der Waals surface area (Å²) in [7, 11) is 0. The Morgan fingerprint density at radius 3 is 2.74 bits per heavy atom. The number of rotatable bonds is 7. The number of halogens is 1. The quantitative estimate of drug-likeness (QED) is 0.604. The number of aromatic nitrogens is 3. The number of nitrogens with zero attached hydrogens (tertiary/aromatic N) is 3. The van der Waals surface area contributed by atoms with Gasteiger partial charge < -0.3 is 15.4 Å². The summed E-state index contributed by atoms with van der Waals surface area (Å²) in [6.45, 7) is 6.50. The normalized spacial score (nSPS) is 14.7. The van der Waals surface area contributed by atoms with Crippen LogP contribution < -0.4 is 10.6 Å². The smallest absolute Gasteiger partial charge is 0.254 e. The lowest BCUT2D eigenvalue weighted by Crippen LogP contribution is -2.30. The minimum Gasteiger partial charge on any atom is -0.381 e. The van der Waals surface area contributed by atoms with Crippen molar-refractivity contribution in [3.63, 3.8) is 0 Å². The molecule has 0 spiro atoms. The highest BCUT2D eigenvalue weighted by atomic mass is 19.1. The molecule has 1 aliphatic rings. The molecule has 1 saturated heterocycles. The monoisotopic (exact) mass is 425 g/mol. The number of benzene rings is 1. The van der Waals surface area contributed by atoms with Crippen LogP contribution in [0.3, 0.4) is 0 Å². The molecule has 1 amide bonds. The standard InChI is InChI=1S/C23H28FN5O2/c1-3-20-17(13-25-23(30)16-7-5-6-8-19(16)24)21(27-15-9-11-31-12-10-15)18-14-26-29(4-2)22(18)28-20/h5-8,14-15H,3-4,9-13H2,1-2H3,(H,25,30)(H,27,28). The molecule has 1 aromatic carbocycles. The van der Waals surface area contributed by atoms with Crippen LogP contribution in [0.25, 0.3) is 11.0 Å². The van der Waals surface area contributed by atoms with Crippen LogP contribution in [0.2, 0.25) is 0 Å². The molecular formula is C23H28FN5O2. The van der Waals surface area contributed by atoms with Gasteiger partial charge in [0.1, 0.15) is 5.82 Å². The zero-order chi connectivity index (χ0) is 21.8. The van der Waals surface area contributed by atoms with Crippen molar-refractivity contribution >= 4 is 22.6 Å². The average Bonchev–Trinajstić information content (AvgIpc) is 3.21. The van der Waals surface area contributed by atoms with Gasteiger partial charge in [-0.15, -0.1) is 0 Å². The molecule has 164 valence electrons. The van der Waals surface area contributed by atoms with Crippen LogP contribution in [0.1, 0.15) is 48.3 Å². The number of amides is 1. The minimum absolute atomic E-state index is 0.0346. The Bertz CT molecular complexity index is 1080. The zero-order valence-electron chi connectivity index (χ0n) is 17.9. The number of nitrogens with one attached hydrogen (secondary N) is 2. The Kier molecular flexibility index (Phi) is 6.46. The van der Waals surface area contributed by atoms with Gasteiger partial charge in [0.2, 0.25) is 0 Å². The predicted molar refractivity (Wildman–Crippen MR) is 118 cm³/mol. The van der Waals surface area contributed by atoms with E-state index in [1.807, 2.05) is 24.7 Å². The topological polar surface area (TPSA) is 81.1 Å². The van der Waals surface area contributed by atoms with Crippen LogP contribution in [0, 0.1) is 5.82 Å². The molecule has 0 bridgehead atoms. The van der Waals surface area contributed by atoms with Crippen molar-refractivity contribution < 1.29 is 13.9 Å². The number of ether oxygens (including phenoxy) is 1. The largest absolute Gasteiger partial charge is 0.381 e. The summed E-state index contributed by atoms with van der Waals surface area (Å²) in [5.41, 5.74) is 3.63. The molecule has 0 radical (unpaired) electrons. The van der Waals surface area contributed by atoms with E-state index in [2.05, 4.69) is 15.7 Å². The predicted octanol–water partition coefficient (Wildman–Crippen LogP) is 3.67. The molecule has 1 fully saturated rings. The second-order valence-corrected chi connectivity index (χ2v) is 7.66. The van der Waals surface area contributed by atoms with Gasteiger partial charge in [-0.2, -0.15) is 5.10 Å². The van der Waals surface area contributed by atoms with E-state index in [1.54, 1.807) is 12.1 Å². The molecule has 1 aliphatic heterocycles. The Morgan fingerprint density at radius 1 is 1.26 bits per heavy atom.